The van der Waals surface area contributed by atoms with Crippen LogP contribution in [0.5, 0.6) is 0 Å². The quantitative estimate of drug-likeness (QED) is 0.849. The van der Waals surface area contributed by atoms with Crippen molar-refractivity contribution in [3.63, 3.8) is 0 Å². The number of halogens is 2. The van der Waals surface area contributed by atoms with Crippen LogP contribution in [0.25, 0.3) is 0 Å². The molecule has 0 atom stereocenters. The van der Waals surface area contributed by atoms with Crippen LogP contribution in [0.1, 0.15) is 31.1 Å². The van der Waals surface area contributed by atoms with Crippen LogP contribution in [-0.4, -0.2) is 29.6 Å². The summed E-state index contributed by atoms with van der Waals surface area (Å²) in [4.78, 5) is 15.7. The summed E-state index contributed by atoms with van der Waals surface area (Å²) in [5.41, 5.74) is -0.120. The Kier molecular flexibility index (Phi) is 5.38. The molecule has 1 N–H and O–H groups in total. The number of ether oxygens (including phenoxy) is 1. The molecule has 1 aromatic rings. The second-order valence-corrected chi connectivity index (χ2v) is 5.09. The Morgan fingerprint density at radius 1 is 1.44 bits per heavy atom. The number of carbonyl (C=O) groups is 1. The summed E-state index contributed by atoms with van der Waals surface area (Å²) in [5.74, 6) is -0.294. The first-order valence-electron chi connectivity index (χ1n) is 5.60. The molecule has 1 aromatic heterocycles. The van der Waals surface area contributed by atoms with Crippen molar-refractivity contribution in [2.24, 2.45) is 0 Å². The fraction of sp³-hybridized carbons (Fsp3) is 0.500. The van der Waals surface area contributed by atoms with Crippen molar-refractivity contribution < 1.29 is 9.53 Å². The van der Waals surface area contributed by atoms with Crippen molar-refractivity contribution in [3.8, 4) is 0 Å². The Hall–Kier alpha value is -0.840. The van der Waals surface area contributed by atoms with Gasteiger partial charge in [0.05, 0.1) is 11.2 Å². The Balaban J connectivity index is 2.66. The lowest BCUT2D eigenvalue weighted by molar-refractivity contribution is -0.00815. The minimum atomic E-state index is -0.420. The molecule has 0 saturated heterocycles. The molecule has 18 heavy (non-hydrogen) atoms. The number of aromatic nitrogens is 1. The molecular weight excluding hydrogens is 275 g/mol. The SMILES string of the molecule is CCOC(C)(C)CNC(=O)c1ccc(Cl)nc1Cl. The third-order valence-electron chi connectivity index (χ3n) is 2.27. The van der Waals surface area contributed by atoms with Gasteiger partial charge in [0.2, 0.25) is 0 Å². The van der Waals surface area contributed by atoms with Gasteiger partial charge in [0.15, 0.2) is 0 Å². The zero-order chi connectivity index (χ0) is 13.8. The number of hydrogen-bond donors (Lipinski definition) is 1. The fourth-order valence-corrected chi connectivity index (χ4v) is 1.84. The van der Waals surface area contributed by atoms with Crippen molar-refractivity contribution in [2.45, 2.75) is 26.4 Å². The number of nitrogens with one attached hydrogen (secondary N) is 1. The normalized spacial score (nSPS) is 11.4. The summed E-state index contributed by atoms with van der Waals surface area (Å²) in [6.45, 7) is 6.69. The van der Waals surface area contributed by atoms with Crippen molar-refractivity contribution >= 4 is 29.1 Å². The van der Waals surface area contributed by atoms with E-state index >= 15 is 0 Å². The van der Waals surface area contributed by atoms with E-state index in [0.717, 1.165) is 0 Å². The number of carbonyl (C=O) groups excluding carboxylic acids is 1. The first-order chi connectivity index (χ1) is 8.35. The minimum Gasteiger partial charge on any atom is -0.374 e. The van der Waals surface area contributed by atoms with Crippen LogP contribution in [0.15, 0.2) is 12.1 Å². The molecular formula is C12H16Cl2N2O2. The van der Waals surface area contributed by atoms with Gasteiger partial charge in [-0.05, 0) is 32.9 Å². The third kappa shape index (κ3) is 4.44. The van der Waals surface area contributed by atoms with E-state index in [0.29, 0.717) is 18.7 Å². The second kappa shape index (κ2) is 6.36. The standard InChI is InChI=1S/C12H16Cl2N2O2/c1-4-18-12(2,3)7-15-11(17)8-5-6-9(13)16-10(8)14/h5-6H,4,7H2,1-3H3,(H,15,17). The molecule has 0 aliphatic carbocycles. The molecule has 0 aliphatic heterocycles. The Morgan fingerprint density at radius 2 is 2.11 bits per heavy atom. The van der Waals surface area contributed by atoms with Gasteiger partial charge in [0.25, 0.3) is 5.91 Å². The maximum absolute atomic E-state index is 11.9. The first-order valence-corrected chi connectivity index (χ1v) is 6.35. The summed E-state index contributed by atoms with van der Waals surface area (Å²) >= 11 is 11.5. The van der Waals surface area contributed by atoms with Crippen LogP contribution in [0.3, 0.4) is 0 Å². The molecule has 1 rings (SSSR count). The van der Waals surface area contributed by atoms with Gasteiger partial charge in [0, 0.05) is 13.2 Å². The number of nitrogens with zero attached hydrogens (tertiary/aromatic N) is 1. The molecule has 100 valence electrons. The highest BCUT2D eigenvalue weighted by atomic mass is 35.5. The summed E-state index contributed by atoms with van der Waals surface area (Å²) < 4.78 is 5.48. The van der Waals surface area contributed by atoms with E-state index in [4.69, 9.17) is 27.9 Å². The number of rotatable bonds is 5. The lowest BCUT2D eigenvalue weighted by Crippen LogP contribution is -2.40. The van der Waals surface area contributed by atoms with E-state index in [1.165, 1.54) is 6.07 Å². The second-order valence-electron chi connectivity index (χ2n) is 4.35. The average Bonchev–Trinajstić information content (AvgIpc) is 2.26. The van der Waals surface area contributed by atoms with E-state index in [2.05, 4.69) is 10.3 Å². The Morgan fingerprint density at radius 3 is 2.67 bits per heavy atom. The van der Waals surface area contributed by atoms with Crippen LogP contribution >= 0.6 is 23.2 Å². The van der Waals surface area contributed by atoms with Gasteiger partial charge in [-0.25, -0.2) is 4.98 Å². The summed E-state index contributed by atoms with van der Waals surface area (Å²) in [6, 6.07) is 3.07. The molecule has 6 heteroatoms. The zero-order valence-electron chi connectivity index (χ0n) is 10.6. The van der Waals surface area contributed by atoms with Crippen LogP contribution in [-0.2, 0) is 4.74 Å². The van der Waals surface area contributed by atoms with Gasteiger partial charge >= 0.3 is 0 Å². The molecule has 0 aliphatic rings. The minimum absolute atomic E-state index is 0.0919. The van der Waals surface area contributed by atoms with Crippen molar-refractivity contribution in [3.05, 3.63) is 28.0 Å². The molecule has 0 aromatic carbocycles. The lowest BCUT2D eigenvalue weighted by Gasteiger charge is -2.24. The Labute approximate surface area is 117 Å². The predicted octanol–water partition coefficient (Wildman–Crippen LogP) is 2.93. The van der Waals surface area contributed by atoms with E-state index in [1.807, 2.05) is 20.8 Å². The molecule has 0 saturated carbocycles. The van der Waals surface area contributed by atoms with Gasteiger partial charge < -0.3 is 10.1 Å². The van der Waals surface area contributed by atoms with Crippen LogP contribution < -0.4 is 5.32 Å². The summed E-state index contributed by atoms with van der Waals surface area (Å²) in [7, 11) is 0. The topological polar surface area (TPSA) is 51.2 Å². The molecule has 0 fully saturated rings. The monoisotopic (exact) mass is 290 g/mol. The van der Waals surface area contributed by atoms with Gasteiger partial charge in [-0.15, -0.1) is 0 Å². The van der Waals surface area contributed by atoms with Crippen LogP contribution in [0.4, 0.5) is 0 Å². The van der Waals surface area contributed by atoms with E-state index in [1.54, 1.807) is 6.07 Å². The van der Waals surface area contributed by atoms with Crippen LogP contribution in [0, 0.1) is 0 Å². The lowest BCUT2D eigenvalue weighted by atomic mass is 10.1. The van der Waals surface area contributed by atoms with Crippen molar-refractivity contribution in [1.82, 2.24) is 10.3 Å². The number of pyridine rings is 1. The maximum Gasteiger partial charge on any atom is 0.254 e. The van der Waals surface area contributed by atoms with Gasteiger partial charge in [0.1, 0.15) is 10.3 Å². The highest BCUT2D eigenvalue weighted by molar-refractivity contribution is 6.34. The molecule has 1 amide bonds. The van der Waals surface area contributed by atoms with Crippen molar-refractivity contribution in [2.75, 3.05) is 13.2 Å². The Bertz CT molecular complexity index is 436. The number of hydrogen-bond acceptors (Lipinski definition) is 3. The fourth-order valence-electron chi connectivity index (χ4n) is 1.41. The first kappa shape index (κ1) is 15.2. The van der Waals surface area contributed by atoms with Gasteiger partial charge in [-0.2, -0.15) is 0 Å². The van der Waals surface area contributed by atoms with Crippen LogP contribution in [0.2, 0.25) is 10.3 Å². The third-order valence-corrected chi connectivity index (χ3v) is 2.77. The van der Waals surface area contributed by atoms with Crippen molar-refractivity contribution in [1.29, 1.82) is 0 Å². The zero-order valence-corrected chi connectivity index (χ0v) is 12.1. The highest BCUT2D eigenvalue weighted by Crippen LogP contribution is 2.16. The van der Waals surface area contributed by atoms with E-state index in [-0.39, 0.29) is 16.2 Å². The predicted molar refractivity (Wildman–Crippen MR) is 72.3 cm³/mol. The number of amides is 1. The summed E-state index contributed by atoms with van der Waals surface area (Å²) in [5, 5.41) is 3.10. The molecule has 0 spiro atoms. The van der Waals surface area contributed by atoms with Gasteiger partial charge in [-0.1, -0.05) is 23.2 Å². The average molecular weight is 291 g/mol. The van der Waals surface area contributed by atoms with Gasteiger partial charge in [-0.3, -0.25) is 4.79 Å². The smallest absolute Gasteiger partial charge is 0.254 e. The molecule has 4 nitrogen and oxygen atoms in total. The van der Waals surface area contributed by atoms with E-state index in [9.17, 15) is 4.79 Å². The molecule has 0 radical (unpaired) electrons. The molecule has 0 bridgehead atoms. The van der Waals surface area contributed by atoms with E-state index < -0.39 is 5.60 Å². The molecule has 0 unspecified atom stereocenters. The summed E-state index contributed by atoms with van der Waals surface area (Å²) in [6.07, 6.45) is 0. The molecule has 1 heterocycles. The maximum atomic E-state index is 11.9. The highest BCUT2D eigenvalue weighted by Gasteiger charge is 2.20. The largest absolute Gasteiger partial charge is 0.374 e.